The number of hydrogen-bond donors (Lipinski definition) is 1. The molecule has 0 saturated heterocycles. The van der Waals surface area contributed by atoms with Crippen LogP contribution in [0.2, 0.25) is 0 Å². The summed E-state index contributed by atoms with van der Waals surface area (Å²) in [6.45, 7) is 13.8. The summed E-state index contributed by atoms with van der Waals surface area (Å²) in [5, 5.41) is 2.81. The fourth-order valence-electron chi connectivity index (χ4n) is 5.81. The highest BCUT2D eigenvalue weighted by Crippen LogP contribution is 2.44. The molecule has 0 saturated carbocycles. The van der Waals surface area contributed by atoms with Crippen molar-refractivity contribution >= 4 is 17.7 Å². The first-order chi connectivity index (χ1) is 30.3. The van der Waals surface area contributed by atoms with Crippen LogP contribution in [0.15, 0.2) is 48.5 Å². The van der Waals surface area contributed by atoms with E-state index < -0.39 is 6.09 Å². The van der Waals surface area contributed by atoms with E-state index in [1.807, 2.05) is 24.3 Å². The molecule has 0 heterocycles. The summed E-state index contributed by atoms with van der Waals surface area (Å²) in [4.78, 5) is 12.3. The lowest BCUT2D eigenvalue weighted by atomic mass is 9.98. The van der Waals surface area contributed by atoms with Gasteiger partial charge in [-0.1, -0.05) is 48.5 Å². The van der Waals surface area contributed by atoms with Crippen LogP contribution in [0.5, 0.6) is 0 Å². The molecule has 3 rings (SSSR count). The second-order valence-electron chi connectivity index (χ2n) is 13.3. The van der Waals surface area contributed by atoms with E-state index in [2.05, 4.69) is 29.6 Å². The number of nitrogens with one attached hydrogen (secondary N) is 1. The zero-order chi connectivity index (χ0) is 42.9. The average molecular weight is 888 g/mol. The topological polar surface area (TPSA) is 158 Å². The molecule has 0 aromatic heterocycles. The van der Waals surface area contributed by atoms with Crippen LogP contribution in [0.25, 0.3) is 11.1 Å². The third kappa shape index (κ3) is 27.3. The number of carbonyl (C=O) groups excluding carboxylic acids is 1. The van der Waals surface area contributed by atoms with Crippen molar-refractivity contribution in [3.63, 3.8) is 0 Å². The molecule has 2 aromatic carbocycles. The maximum atomic E-state index is 12.3. The van der Waals surface area contributed by atoms with Gasteiger partial charge in [-0.05, 0) is 28.7 Å². The molecule has 1 amide bonds. The summed E-state index contributed by atoms with van der Waals surface area (Å²) in [5.41, 5.74) is 4.80. The number of alkyl carbamates (subject to hydrolysis) is 1. The van der Waals surface area contributed by atoms with E-state index in [-0.39, 0.29) is 5.92 Å². The van der Waals surface area contributed by atoms with Crippen LogP contribution in [0.1, 0.15) is 23.5 Å². The molecule has 1 aliphatic rings. The van der Waals surface area contributed by atoms with Gasteiger partial charge in [-0.2, -0.15) is 0 Å². The van der Waals surface area contributed by atoms with Crippen molar-refractivity contribution in [1.29, 1.82) is 0 Å². The Bertz CT molecular complexity index is 1270. The standard InChI is InChI=1S/C44H70ClNO15/c45-10-13-49-15-17-51-19-21-53-23-25-55-27-29-57-31-33-59-35-37-60-36-34-58-32-30-56-28-26-54-24-22-52-20-18-50-16-14-48-12-5-11-46-44(47)61-38-43-41-8-3-1-6-39(41)40-7-2-4-9-42(40)43/h1-4,6-9,43H,5,10-38H2,(H,46,47). The summed E-state index contributed by atoms with van der Waals surface area (Å²) >= 11 is 5.52. The van der Waals surface area contributed by atoms with Gasteiger partial charge in [-0.15, -0.1) is 11.6 Å². The van der Waals surface area contributed by atoms with Crippen LogP contribution in [-0.2, 0) is 66.3 Å². The molecule has 0 atom stereocenters. The maximum Gasteiger partial charge on any atom is 0.407 e. The van der Waals surface area contributed by atoms with Crippen LogP contribution >= 0.6 is 11.6 Å². The highest BCUT2D eigenvalue weighted by atomic mass is 35.5. The number of benzene rings is 2. The Hall–Kier alpha value is -2.52. The largest absolute Gasteiger partial charge is 0.449 e. The maximum absolute atomic E-state index is 12.3. The Kier molecular flexibility index (Phi) is 33.9. The molecular formula is C44H70ClNO15. The van der Waals surface area contributed by atoms with Gasteiger partial charge in [0.2, 0.25) is 0 Å². The Balaban J connectivity index is 0.915. The molecule has 0 unspecified atom stereocenters. The quantitative estimate of drug-likeness (QED) is 0.0739. The van der Waals surface area contributed by atoms with Crippen molar-refractivity contribution in [2.75, 3.05) is 191 Å². The lowest BCUT2D eigenvalue weighted by Gasteiger charge is -2.14. The van der Waals surface area contributed by atoms with E-state index in [0.717, 1.165) is 0 Å². The first-order valence-electron chi connectivity index (χ1n) is 21.5. The minimum Gasteiger partial charge on any atom is -0.449 e. The monoisotopic (exact) mass is 887 g/mol. The van der Waals surface area contributed by atoms with Gasteiger partial charge in [0.15, 0.2) is 0 Å². The molecule has 0 aliphatic heterocycles. The number of alkyl halides is 1. The molecular weight excluding hydrogens is 818 g/mol. The highest BCUT2D eigenvalue weighted by Gasteiger charge is 2.29. The molecule has 1 aliphatic carbocycles. The van der Waals surface area contributed by atoms with Crippen LogP contribution in [0.3, 0.4) is 0 Å². The molecule has 1 N–H and O–H groups in total. The predicted molar refractivity (Wildman–Crippen MR) is 229 cm³/mol. The number of rotatable bonds is 44. The molecule has 0 bridgehead atoms. The van der Waals surface area contributed by atoms with Gasteiger partial charge >= 0.3 is 6.09 Å². The van der Waals surface area contributed by atoms with Crippen LogP contribution in [0.4, 0.5) is 4.79 Å². The average Bonchev–Trinajstić information content (AvgIpc) is 3.60. The number of ether oxygens (including phenoxy) is 14. The fourth-order valence-corrected chi connectivity index (χ4v) is 5.92. The van der Waals surface area contributed by atoms with Crippen LogP contribution in [-0.4, -0.2) is 197 Å². The van der Waals surface area contributed by atoms with Crippen LogP contribution in [0, 0.1) is 0 Å². The third-order valence-electron chi connectivity index (χ3n) is 8.76. The van der Waals surface area contributed by atoms with Crippen molar-refractivity contribution in [2.45, 2.75) is 12.3 Å². The smallest absolute Gasteiger partial charge is 0.407 e. The van der Waals surface area contributed by atoms with E-state index >= 15 is 0 Å². The lowest BCUT2D eigenvalue weighted by Crippen LogP contribution is -2.27. The zero-order valence-electron chi connectivity index (χ0n) is 35.9. The number of hydrogen-bond acceptors (Lipinski definition) is 15. The number of halogens is 1. The Morgan fingerprint density at radius 2 is 0.689 bits per heavy atom. The first-order valence-corrected chi connectivity index (χ1v) is 22.0. The van der Waals surface area contributed by atoms with E-state index in [1.54, 1.807) is 0 Å². The second-order valence-corrected chi connectivity index (χ2v) is 13.6. The summed E-state index contributed by atoms with van der Waals surface area (Å²) in [5.74, 6) is 0.539. The van der Waals surface area contributed by atoms with Gasteiger partial charge in [-0.3, -0.25) is 0 Å². The van der Waals surface area contributed by atoms with Crippen molar-refractivity contribution in [2.24, 2.45) is 0 Å². The van der Waals surface area contributed by atoms with E-state index in [9.17, 15) is 4.79 Å². The van der Waals surface area contributed by atoms with Gasteiger partial charge < -0.3 is 71.6 Å². The number of fused-ring (bicyclic) bond motifs is 3. The Labute approximate surface area is 367 Å². The van der Waals surface area contributed by atoms with Gasteiger partial charge in [0.25, 0.3) is 0 Å². The number of amides is 1. The van der Waals surface area contributed by atoms with Crippen molar-refractivity contribution in [3.05, 3.63) is 59.7 Å². The summed E-state index contributed by atoms with van der Waals surface area (Å²) in [6.07, 6.45) is 0.264. The van der Waals surface area contributed by atoms with Crippen molar-refractivity contribution in [1.82, 2.24) is 5.32 Å². The molecule has 2 aromatic rings. The summed E-state index contributed by atoms with van der Waals surface area (Å²) in [7, 11) is 0. The van der Waals surface area contributed by atoms with Gasteiger partial charge in [-0.25, -0.2) is 4.79 Å². The predicted octanol–water partition coefficient (Wildman–Crippen LogP) is 4.37. The molecule has 61 heavy (non-hydrogen) atoms. The minimum atomic E-state index is -0.417. The van der Waals surface area contributed by atoms with Gasteiger partial charge in [0.1, 0.15) is 6.61 Å². The first kappa shape index (κ1) is 52.8. The molecule has 17 heteroatoms. The molecule has 348 valence electrons. The van der Waals surface area contributed by atoms with Crippen molar-refractivity contribution < 1.29 is 71.1 Å². The van der Waals surface area contributed by atoms with Crippen LogP contribution < -0.4 is 5.32 Å². The summed E-state index contributed by atoms with van der Waals surface area (Å²) < 4.78 is 76.7. The summed E-state index contributed by atoms with van der Waals surface area (Å²) in [6, 6.07) is 16.6. The van der Waals surface area contributed by atoms with E-state index in [0.29, 0.717) is 197 Å². The van der Waals surface area contributed by atoms with E-state index in [1.165, 1.54) is 22.3 Å². The third-order valence-corrected chi connectivity index (χ3v) is 8.92. The lowest BCUT2D eigenvalue weighted by molar-refractivity contribution is -0.0289. The Morgan fingerprint density at radius 3 is 1.00 bits per heavy atom. The Morgan fingerprint density at radius 1 is 0.410 bits per heavy atom. The fraction of sp³-hybridized carbons (Fsp3) is 0.705. The molecule has 0 fully saturated rings. The molecule has 16 nitrogen and oxygen atoms in total. The van der Waals surface area contributed by atoms with Crippen molar-refractivity contribution in [3.8, 4) is 11.1 Å². The SMILES string of the molecule is O=C(NCCCOCCOCCOCCOCCOCCOCCOCCOCCOCCOCCOCCOCCOCCCl)OCC1c2ccccc2-c2ccccc21. The molecule has 0 spiro atoms. The second kappa shape index (κ2) is 39.1. The van der Waals surface area contributed by atoms with Gasteiger partial charge in [0, 0.05) is 24.9 Å². The number of carbonyl (C=O) groups is 1. The molecule has 0 radical (unpaired) electrons. The minimum absolute atomic E-state index is 0.0465. The normalized spacial score (nSPS) is 12.2. The highest BCUT2D eigenvalue weighted by molar-refractivity contribution is 6.17. The van der Waals surface area contributed by atoms with Gasteiger partial charge in [0.05, 0.1) is 165 Å². The van der Waals surface area contributed by atoms with E-state index in [4.69, 9.17) is 77.9 Å². The zero-order valence-corrected chi connectivity index (χ0v) is 36.7.